The van der Waals surface area contributed by atoms with Gasteiger partial charge in [-0.2, -0.15) is 0 Å². The fourth-order valence-electron chi connectivity index (χ4n) is 1.08. The van der Waals surface area contributed by atoms with Gasteiger partial charge in [0.1, 0.15) is 0 Å². The van der Waals surface area contributed by atoms with Crippen LogP contribution in [-0.4, -0.2) is 19.0 Å². The summed E-state index contributed by atoms with van der Waals surface area (Å²) in [5.74, 6) is 0.115. The predicted octanol–water partition coefficient (Wildman–Crippen LogP) is 1.56. The molecule has 2 heteroatoms. The molecule has 62 valence electrons. The van der Waals surface area contributed by atoms with Gasteiger partial charge in [-0.15, -0.1) is 0 Å². The van der Waals surface area contributed by atoms with E-state index in [9.17, 15) is 4.79 Å². The summed E-state index contributed by atoms with van der Waals surface area (Å²) < 4.78 is 5.10. The SMILES string of the molecule is CCC1(/C=C/C(C)=O)COC1. The molecule has 1 heterocycles. The lowest BCUT2D eigenvalue weighted by Gasteiger charge is -2.38. The second-order valence-corrected chi connectivity index (χ2v) is 3.15. The minimum atomic E-state index is 0.115. The smallest absolute Gasteiger partial charge is 0.152 e. The Morgan fingerprint density at radius 1 is 1.64 bits per heavy atom. The zero-order chi connectivity index (χ0) is 8.32. The number of ketones is 1. The number of allylic oxidation sites excluding steroid dienone is 1. The lowest BCUT2D eigenvalue weighted by molar-refractivity contribution is -0.113. The van der Waals surface area contributed by atoms with Gasteiger partial charge < -0.3 is 4.74 Å². The van der Waals surface area contributed by atoms with E-state index in [-0.39, 0.29) is 11.2 Å². The van der Waals surface area contributed by atoms with E-state index in [1.165, 1.54) is 0 Å². The lowest BCUT2D eigenvalue weighted by Crippen LogP contribution is -2.40. The molecule has 0 unspecified atom stereocenters. The summed E-state index contributed by atoms with van der Waals surface area (Å²) in [6.07, 6.45) is 4.68. The Kier molecular flexibility index (Phi) is 2.45. The first kappa shape index (κ1) is 8.47. The van der Waals surface area contributed by atoms with Crippen LogP contribution in [0.2, 0.25) is 0 Å². The molecule has 1 aliphatic heterocycles. The summed E-state index contributed by atoms with van der Waals surface area (Å²) in [6, 6.07) is 0. The summed E-state index contributed by atoms with van der Waals surface area (Å²) >= 11 is 0. The first-order valence-corrected chi connectivity index (χ1v) is 3.96. The van der Waals surface area contributed by atoms with Crippen LogP contribution in [0.15, 0.2) is 12.2 Å². The van der Waals surface area contributed by atoms with Crippen LogP contribution in [0, 0.1) is 5.41 Å². The van der Waals surface area contributed by atoms with Gasteiger partial charge in [-0.3, -0.25) is 4.79 Å². The average Bonchev–Trinajstić information content (AvgIpc) is 1.86. The number of hydrogen-bond donors (Lipinski definition) is 0. The highest BCUT2D eigenvalue weighted by Crippen LogP contribution is 2.32. The predicted molar refractivity (Wildman–Crippen MR) is 43.4 cm³/mol. The van der Waals surface area contributed by atoms with Crippen molar-refractivity contribution in [3.8, 4) is 0 Å². The van der Waals surface area contributed by atoms with E-state index in [1.54, 1.807) is 13.0 Å². The van der Waals surface area contributed by atoms with E-state index in [0.717, 1.165) is 19.6 Å². The maximum Gasteiger partial charge on any atom is 0.152 e. The van der Waals surface area contributed by atoms with Crippen molar-refractivity contribution < 1.29 is 9.53 Å². The van der Waals surface area contributed by atoms with Crippen molar-refractivity contribution in [2.24, 2.45) is 5.41 Å². The molecule has 0 saturated carbocycles. The van der Waals surface area contributed by atoms with Gasteiger partial charge in [0.15, 0.2) is 5.78 Å². The van der Waals surface area contributed by atoms with E-state index in [0.29, 0.717) is 0 Å². The van der Waals surface area contributed by atoms with Crippen molar-refractivity contribution in [1.29, 1.82) is 0 Å². The number of hydrogen-bond acceptors (Lipinski definition) is 2. The Bertz CT molecular complexity index is 172. The summed E-state index contributed by atoms with van der Waals surface area (Å²) in [5.41, 5.74) is 0.172. The minimum absolute atomic E-state index is 0.115. The van der Waals surface area contributed by atoms with Crippen LogP contribution in [0.5, 0.6) is 0 Å². The van der Waals surface area contributed by atoms with Crippen molar-refractivity contribution in [3.05, 3.63) is 12.2 Å². The molecule has 11 heavy (non-hydrogen) atoms. The first-order chi connectivity index (χ1) is 5.18. The van der Waals surface area contributed by atoms with Crippen molar-refractivity contribution in [2.75, 3.05) is 13.2 Å². The molecule has 0 radical (unpaired) electrons. The van der Waals surface area contributed by atoms with Crippen LogP contribution in [0.4, 0.5) is 0 Å². The summed E-state index contributed by atoms with van der Waals surface area (Å²) in [6.45, 7) is 5.23. The van der Waals surface area contributed by atoms with Crippen LogP contribution in [0.25, 0.3) is 0 Å². The highest BCUT2D eigenvalue weighted by molar-refractivity contribution is 5.87. The fraction of sp³-hybridized carbons (Fsp3) is 0.667. The van der Waals surface area contributed by atoms with Crippen molar-refractivity contribution in [2.45, 2.75) is 20.3 Å². The van der Waals surface area contributed by atoms with Gasteiger partial charge in [0.2, 0.25) is 0 Å². The van der Waals surface area contributed by atoms with Crippen molar-refractivity contribution in [1.82, 2.24) is 0 Å². The van der Waals surface area contributed by atoms with Crippen LogP contribution in [-0.2, 0) is 9.53 Å². The molecule has 0 aromatic carbocycles. The normalized spacial score (nSPS) is 21.6. The molecule has 0 atom stereocenters. The largest absolute Gasteiger partial charge is 0.379 e. The summed E-state index contributed by atoms with van der Waals surface area (Å²) in [5, 5.41) is 0. The van der Waals surface area contributed by atoms with Crippen molar-refractivity contribution in [3.63, 3.8) is 0 Å². The Morgan fingerprint density at radius 3 is 2.55 bits per heavy atom. The van der Waals surface area contributed by atoms with Gasteiger partial charge in [0, 0.05) is 5.41 Å². The van der Waals surface area contributed by atoms with Gasteiger partial charge in [-0.05, 0) is 19.4 Å². The monoisotopic (exact) mass is 154 g/mol. The van der Waals surface area contributed by atoms with Crippen LogP contribution < -0.4 is 0 Å². The minimum Gasteiger partial charge on any atom is -0.379 e. The molecular weight excluding hydrogens is 140 g/mol. The summed E-state index contributed by atoms with van der Waals surface area (Å²) in [7, 11) is 0. The third-order valence-corrected chi connectivity index (χ3v) is 2.15. The first-order valence-electron chi connectivity index (χ1n) is 3.96. The Balaban J connectivity index is 2.50. The molecule has 0 bridgehead atoms. The molecule has 0 aromatic rings. The second kappa shape index (κ2) is 3.18. The van der Waals surface area contributed by atoms with Gasteiger partial charge >= 0.3 is 0 Å². The average molecular weight is 154 g/mol. The zero-order valence-electron chi connectivity index (χ0n) is 7.09. The maximum absolute atomic E-state index is 10.6. The number of carbonyl (C=O) groups excluding carboxylic acids is 1. The van der Waals surface area contributed by atoms with Gasteiger partial charge in [0.05, 0.1) is 13.2 Å². The standard InChI is InChI=1S/C9H14O2/c1-3-9(6-11-7-9)5-4-8(2)10/h4-5H,3,6-7H2,1-2H3/b5-4+. The molecule has 1 fully saturated rings. The van der Waals surface area contributed by atoms with Gasteiger partial charge in [-0.25, -0.2) is 0 Å². The van der Waals surface area contributed by atoms with Crippen LogP contribution in [0.3, 0.4) is 0 Å². The molecule has 2 nitrogen and oxygen atoms in total. The molecule has 0 aliphatic carbocycles. The van der Waals surface area contributed by atoms with Crippen LogP contribution in [0.1, 0.15) is 20.3 Å². The van der Waals surface area contributed by atoms with E-state index in [2.05, 4.69) is 6.92 Å². The highest BCUT2D eigenvalue weighted by atomic mass is 16.5. The highest BCUT2D eigenvalue weighted by Gasteiger charge is 2.33. The van der Waals surface area contributed by atoms with E-state index < -0.39 is 0 Å². The number of ether oxygens (including phenoxy) is 1. The molecule has 0 aromatic heterocycles. The second-order valence-electron chi connectivity index (χ2n) is 3.15. The van der Waals surface area contributed by atoms with E-state index in [1.807, 2.05) is 6.08 Å². The van der Waals surface area contributed by atoms with Gasteiger partial charge in [0.25, 0.3) is 0 Å². The Labute approximate surface area is 67.2 Å². The fourth-order valence-corrected chi connectivity index (χ4v) is 1.08. The zero-order valence-corrected chi connectivity index (χ0v) is 7.09. The third kappa shape index (κ3) is 1.90. The molecule has 0 N–H and O–H groups in total. The Hall–Kier alpha value is -0.630. The maximum atomic E-state index is 10.6. The van der Waals surface area contributed by atoms with E-state index in [4.69, 9.17) is 4.74 Å². The van der Waals surface area contributed by atoms with Crippen LogP contribution >= 0.6 is 0 Å². The summed E-state index contributed by atoms with van der Waals surface area (Å²) in [4.78, 5) is 10.6. The topological polar surface area (TPSA) is 26.3 Å². The van der Waals surface area contributed by atoms with Crippen molar-refractivity contribution >= 4 is 5.78 Å². The Morgan fingerprint density at radius 2 is 2.27 bits per heavy atom. The van der Waals surface area contributed by atoms with Gasteiger partial charge in [-0.1, -0.05) is 13.0 Å². The quantitative estimate of drug-likeness (QED) is 0.576. The molecule has 1 aliphatic rings. The van der Waals surface area contributed by atoms with E-state index >= 15 is 0 Å². The third-order valence-electron chi connectivity index (χ3n) is 2.15. The lowest BCUT2D eigenvalue weighted by atomic mass is 9.83. The molecule has 1 saturated heterocycles. The number of rotatable bonds is 3. The molecule has 1 rings (SSSR count). The molecule has 0 spiro atoms. The number of carbonyl (C=O) groups is 1. The molecule has 0 amide bonds. The molecular formula is C9H14O2.